The van der Waals surface area contributed by atoms with Crippen LogP contribution in [0.4, 0.5) is 11.4 Å². The first-order chi connectivity index (χ1) is 7.62. The fourth-order valence-electron chi connectivity index (χ4n) is 1.82. The van der Waals surface area contributed by atoms with Crippen LogP contribution >= 0.6 is 0 Å². The summed E-state index contributed by atoms with van der Waals surface area (Å²) in [5.41, 5.74) is 6.31. The topological polar surface area (TPSA) is 80.4 Å². The molecule has 2 heterocycles. The number of anilines is 2. The summed E-state index contributed by atoms with van der Waals surface area (Å²) < 4.78 is 5.35. The van der Waals surface area contributed by atoms with Crippen LogP contribution in [0.3, 0.4) is 0 Å². The summed E-state index contributed by atoms with van der Waals surface area (Å²) in [6, 6.07) is 1.79. The van der Waals surface area contributed by atoms with Crippen molar-refractivity contribution in [1.29, 1.82) is 0 Å². The van der Waals surface area contributed by atoms with Crippen LogP contribution in [0.5, 0.6) is 0 Å². The Labute approximate surface area is 94.6 Å². The number of aliphatic hydroxyl groups is 1. The molecular weight excluding hydrogens is 206 g/mol. The van der Waals surface area contributed by atoms with Gasteiger partial charge in [0.25, 0.3) is 0 Å². The fraction of sp³-hybridized carbons (Fsp3) is 0.545. The summed E-state index contributed by atoms with van der Waals surface area (Å²) in [5.74, 6) is 0. The maximum absolute atomic E-state index is 10.3. The van der Waals surface area contributed by atoms with Gasteiger partial charge in [0.1, 0.15) is 5.60 Å². The quantitative estimate of drug-likeness (QED) is 0.699. The zero-order valence-corrected chi connectivity index (χ0v) is 9.31. The van der Waals surface area contributed by atoms with Gasteiger partial charge in [0.05, 0.1) is 23.7 Å². The zero-order chi connectivity index (χ0) is 11.6. The van der Waals surface area contributed by atoms with Gasteiger partial charge in [0, 0.05) is 25.8 Å². The first kappa shape index (κ1) is 11.2. The molecular formula is C11H17N3O2. The van der Waals surface area contributed by atoms with Gasteiger partial charge in [-0.1, -0.05) is 0 Å². The van der Waals surface area contributed by atoms with Crippen molar-refractivity contribution in [2.45, 2.75) is 25.0 Å². The molecule has 1 aliphatic heterocycles. The lowest BCUT2D eigenvalue weighted by Crippen LogP contribution is -2.43. The number of rotatable bonds is 3. The minimum Gasteiger partial charge on any atom is -0.396 e. The van der Waals surface area contributed by atoms with Crippen LogP contribution in [0.1, 0.15) is 13.3 Å². The number of ether oxygens (including phenoxy) is 1. The van der Waals surface area contributed by atoms with Crippen molar-refractivity contribution in [2.24, 2.45) is 0 Å². The number of nitrogens with one attached hydrogen (secondary N) is 1. The van der Waals surface area contributed by atoms with Crippen molar-refractivity contribution >= 4 is 11.4 Å². The van der Waals surface area contributed by atoms with Crippen LogP contribution in [0, 0.1) is 0 Å². The number of nitrogen functional groups attached to an aromatic ring is 1. The lowest BCUT2D eigenvalue weighted by molar-refractivity contribution is -0.0175. The molecule has 0 radical (unpaired) electrons. The van der Waals surface area contributed by atoms with Crippen LogP contribution in [0.25, 0.3) is 0 Å². The number of nitrogens with two attached hydrogens (primary N) is 1. The van der Waals surface area contributed by atoms with E-state index in [2.05, 4.69) is 10.3 Å². The lowest BCUT2D eigenvalue weighted by atomic mass is 9.96. The van der Waals surface area contributed by atoms with E-state index in [0.29, 0.717) is 25.3 Å². The van der Waals surface area contributed by atoms with Gasteiger partial charge in [-0.2, -0.15) is 0 Å². The first-order valence-corrected chi connectivity index (χ1v) is 5.39. The molecule has 5 nitrogen and oxygen atoms in total. The van der Waals surface area contributed by atoms with Gasteiger partial charge < -0.3 is 20.9 Å². The van der Waals surface area contributed by atoms with Gasteiger partial charge in [-0.05, 0) is 13.0 Å². The molecule has 0 amide bonds. The van der Waals surface area contributed by atoms with E-state index in [4.69, 9.17) is 10.5 Å². The molecule has 5 heteroatoms. The molecule has 88 valence electrons. The molecule has 1 fully saturated rings. The van der Waals surface area contributed by atoms with Gasteiger partial charge in [0.15, 0.2) is 0 Å². The maximum Gasteiger partial charge on any atom is 0.110 e. The van der Waals surface area contributed by atoms with E-state index >= 15 is 0 Å². The third-order valence-electron chi connectivity index (χ3n) is 3.10. The fourth-order valence-corrected chi connectivity index (χ4v) is 1.82. The summed E-state index contributed by atoms with van der Waals surface area (Å²) in [4.78, 5) is 3.90. The smallest absolute Gasteiger partial charge is 0.110 e. The van der Waals surface area contributed by atoms with Crippen LogP contribution in [0.2, 0.25) is 0 Å². The predicted molar refractivity (Wildman–Crippen MR) is 62.1 cm³/mol. The standard InChI is InChI=1S/C11H17N3O2/c1-8-11(15,3-5-16-8)7-14-10-2-4-13-6-9(10)12/h2,4,6,8,15H,3,5,7,12H2,1H3,(H,13,14). The molecule has 16 heavy (non-hydrogen) atoms. The molecule has 1 saturated heterocycles. The monoisotopic (exact) mass is 223 g/mol. The molecule has 0 bridgehead atoms. The van der Waals surface area contributed by atoms with Gasteiger partial charge in [-0.25, -0.2) is 0 Å². The van der Waals surface area contributed by atoms with E-state index in [-0.39, 0.29) is 6.10 Å². The SMILES string of the molecule is CC1OCCC1(O)CNc1ccncc1N. The van der Waals surface area contributed by atoms with E-state index in [9.17, 15) is 5.11 Å². The van der Waals surface area contributed by atoms with E-state index in [1.807, 2.05) is 6.92 Å². The Morgan fingerprint density at radius 1 is 1.75 bits per heavy atom. The van der Waals surface area contributed by atoms with E-state index in [0.717, 1.165) is 5.69 Å². The molecule has 0 aromatic carbocycles. The highest BCUT2D eigenvalue weighted by atomic mass is 16.5. The van der Waals surface area contributed by atoms with Gasteiger partial charge in [0.2, 0.25) is 0 Å². The predicted octanol–water partition coefficient (Wildman–Crippen LogP) is 0.616. The van der Waals surface area contributed by atoms with E-state index in [1.165, 1.54) is 0 Å². The van der Waals surface area contributed by atoms with Crippen molar-refractivity contribution in [3.63, 3.8) is 0 Å². The largest absolute Gasteiger partial charge is 0.396 e. The zero-order valence-electron chi connectivity index (χ0n) is 9.31. The van der Waals surface area contributed by atoms with Crippen molar-refractivity contribution in [2.75, 3.05) is 24.2 Å². The minimum absolute atomic E-state index is 0.150. The van der Waals surface area contributed by atoms with E-state index < -0.39 is 5.60 Å². The Bertz CT molecular complexity index is 372. The molecule has 0 saturated carbocycles. The Morgan fingerprint density at radius 2 is 2.56 bits per heavy atom. The number of hydrogen-bond donors (Lipinski definition) is 3. The van der Waals surface area contributed by atoms with Crippen LogP contribution in [-0.2, 0) is 4.74 Å². The van der Waals surface area contributed by atoms with Crippen molar-refractivity contribution in [3.05, 3.63) is 18.5 Å². The van der Waals surface area contributed by atoms with Gasteiger partial charge in [-0.15, -0.1) is 0 Å². The highest BCUT2D eigenvalue weighted by Gasteiger charge is 2.39. The highest BCUT2D eigenvalue weighted by Crippen LogP contribution is 2.26. The normalized spacial score (nSPS) is 29.2. The van der Waals surface area contributed by atoms with Crippen molar-refractivity contribution < 1.29 is 9.84 Å². The second kappa shape index (κ2) is 4.27. The second-order valence-electron chi connectivity index (χ2n) is 4.18. The molecule has 1 aliphatic rings. The third kappa shape index (κ3) is 2.10. The number of hydrogen-bond acceptors (Lipinski definition) is 5. The minimum atomic E-state index is -0.810. The number of nitrogens with zero attached hydrogens (tertiary/aromatic N) is 1. The van der Waals surface area contributed by atoms with Crippen LogP contribution in [0.15, 0.2) is 18.5 Å². The molecule has 4 N–H and O–H groups in total. The molecule has 2 rings (SSSR count). The molecule has 0 spiro atoms. The third-order valence-corrected chi connectivity index (χ3v) is 3.10. The molecule has 1 aromatic heterocycles. The number of aromatic nitrogens is 1. The molecule has 0 aliphatic carbocycles. The number of pyridine rings is 1. The van der Waals surface area contributed by atoms with Crippen molar-refractivity contribution in [3.8, 4) is 0 Å². The van der Waals surface area contributed by atoms with Gasteiger partial charge in [-0.3, -0.25) is 4.98 Å². The Morgan fingerprint density at radius 3 is 3.19 bits per heavy atom. The maximum atomic E-state index is 10.3. The van der Waals surface area contributed by atoms with E-state index in [1.54, 1.807) is 18.5 Å². The summed E-state index contributed by atoms with van der Waals surface area (Å²) in [6.45, 7) is 2.91. The Balaban J connectivity index is 2.00. The first-order valence-electron chi connectivity index (χ1n) is 5.39. The Kier molecular flexibility index (Phi) is 2.98. The average Bonchev–Trinajstić information content (AvgIpc) is 2.59. The highest BCUT2D eigenvalue weighted by molar-refractivity contribution is 5.64. The summed E-state index contributed by atoms with van der Waals surface area (Å²) in [6.07, 6.45) is 3.74. The summed E-state index contributed by atoms with van der Waals surface area (Å²) in [5, 5.41) is 13.4. The van der Waals surface area contributed by atoms with Crippen LogP contribution < -0.4 is 11.1 Å². The van der Waals surface area contributed by atoms with Crippen LogP contribution in [-0.4, -0.2) is 34.9 Å². The van der Waals surface area contributed by atoms with Gasteiger partial charge >= 0.3 is 0 Å². The Hall–Kier alpha value is -1.33. The molecule has 2 atom stereocenters. The second-order valence-corrected chi connectivity index (χ2v) is 4.18. The summed E-state index contributed by atoms with van der Waals surface area (Å²) >= 11 is 0. The van der Waals surface area contributed by atoms with Crippen molar-refractivity contribution in [1.82, 2.24) is 4.98 Å². The average molecular weight is 223 g/mol. The lowest BCUT2D eigenvalue weighted by Gasteiger charge is -2.26. The summed E-state index contributed by atoms with van der Waals surface area (Å²) in [7, 11) is 0. The molecule has 1 aromatic rings. The molecule has 2 unspecified atom stereocenters.